The molecule has 2 aromatic rings. The molecular formula is C33H52NO6S+. The molecule has 0 heterocycles. The van der Waals surface area contributed by atoms with Gasteiger partial charge in [0.25, 0.3) is 0 Å². The number of rotatable bonds is 19. The van der Waals surface area contributed by atoms with Crippen molar-refractivity contribution in [1.29, 1.82) is 0 Å². The van der Waals surface area contributed by atoms with Gasteiger partial charge in [-0.05, 0) is 37.1 Å². The van der Waals surface area contributed by atoms with Crippen LogP contribution in [0.25, 0.3) is 0 Å². The molecule has 2 N–H and O–H groups in total. The minimum Gasteiger partial charge on any atom is -0.478 e. The Morgan fingerprint density at radius 3 is 1.22 bits per heavy atom. The molecule has 0 unspecified atom stereocenters. The summed E-state index contributed by atoms with van der Waals surface area (Å²) in [6, 6.07) is 10.1. The average Bonchev–Trinajstić information content (AvgIpc) is 2.93. The lowest BCUT2D eigenvalue weighted by Gasteiger charge is -2.23. The van der Waals surface area contributed by atoms with Crippen LogP contribution in [0.15, 0.2) is 58.3 Å². The van der Waals surface area contributed by atoms with Crippen LogP contribution in [0.1, 0.15) is 118 Å². The summed E-state index contributed by atoms with van der Waals surface area (Å²) in [4.78, 5) is 21.4. The maximum Gasteiger partial charge on any atom is 0.337 e. The third kappa shape index (κ3) is 14.7. The average molecular weight is 591 g/mol. The first-order valence-corrected chi connectivity index (χ1v) is 16.6. The maximum absolute atomic E-state index is 12.6. The topological polar surface area (TPSA) is 109 Å². The summed E-state index contributed by atoms with van der Waals surface area (Å²) in [6.45, 7) is 3.63. The Balaban J connectivity index is 0.000000411. The van der Waals surface area contributed by atoms with E-state index < -0.39 is 42.7 Å². The molecule has 0 spiro atoms. The van der Waals surface area contributed by atoms with Gasteiger partial charge in [-0.2, -0.15) is 0 Å². The molecule has 0 aliphatic rings. The largest absolute Gasteiger partial charge is 0.478 e. The van der Waals surface area contributed by atoms with Crippen LogP contribution in [-0.2, 0) is 9.84 Å². The second kappa shape index (κ2) is 19.4. The van der Waals surface area contributed by atoms with E-state index in [1.807, 2.05) is 0 Å². The van der Waals surface area contributed by atoms with Crippen LogP contribution in [0.4, 0.5) is 0 Å². The number of aromatic carboxylic acids is 2. The summed E-state index contributed by atoms with van der Waals surface area (Å²) < 4.78 is 26.2. The zero-order valence-corrected chi connectivity index (χ0v) is 26.4. The van der Waals surface area contributed by atoms with E-state index in [4.69, 9.17) is 10.2 Å². The van der Waals surface area contributed by atoms with Gasteiger partial charge in [0.15, 0.2) is 0 Å². The van der Waals surface area contributed by atoms with Crippen molar-refractivity contribution < 1.29 is 32.7 Å². The Morgan fingerprint density at radius 2 is 0.902 bits per heavy atom. The lowest BCUT2D eigenvalue weighted by atomic mass is 10.0. The molecule has 7 nitrogen and oxygen atoms in total. The zero-order chi connectivity index (χ0) is 30.7. The first-order chi connectivity index (χ1) is 19.4. The number of carboxylic acids is 2. The fourth-order valence-corrected chi connectivity index (χ4v) is 6.30. The highest BCUT2D eigenvalue weighted by Gasteiger charge is 2.28. The summed E-state index contributed by atoms with van der Waals surface area (Å²) in [5.41, 5.74) is -0.810. The van der Waals surface area contributed by atoms with Gasteiger partial charge >= 0.3 is 11.9 Å². The third-order valence-electron chi connectivity index (χ3n) is 7.00. The standard InChI is InChI=1S/C19H42N.C14H10O6S/c1-5-6-7-8-9-10-11-12-13-14-15-16-17-18-19-20(2,3)4;15-13(16)9-5-1-3-7-11(9)21(19,20)12-8-4-2-6-10(12)14(17)18/h5-19H2,1-4H3;1-8H,(H,15,16)(H,17,18)/q+1;. The number of unbranched alkanes of at least 4 members (excludes halogenated alkanes) is 13. The van der Waals surface area contributed by atoms with E-state index in [9.17, 15) is 18.0 Å². The van der Waals surface area contributed by atoms with E-state index in [0.29, 0.717) is 0 Å². The highest BCUT2D eigenvalue weighted by molar-refractivity contribution is 7.91. The van der Waals surface area contributed by atoms with E-state index in [0.717, 1.165) is 28.7 Å². The first kappa shape index (κ1) is 36.3. The summed E-state index contributed by atoms with van der Waals surface area (Å²) in [5.74, 6) is -2.80. The summed E-state index contributed by atoms with van der Waals surface area (Å²) in [7, 11) is 2.63. The van der Waals surface area contributed by atoms with Crippen molar-refractivity contribution in [2.75, 3.05) is 27.7 Å². The molecular weight excluding hydrogens is 538 g/mol. The molecule has 0 aliphatic heterocycles. The molecule has 0 atom stereocenters. The molecule has 0 radical (unpaired) electrons. The van der Waals surface area contributed by atoms with E-state index >= 15 is 0 Å². The van der Waals surface area contributed by atoms with Crippen LogP contribution in [0.5, 0.6) is 0 Å². The molecule has 0 bridgehead atoms. The number of benzene rings is 2. The van der Waals surface area contributed by atoms with E-state index in [1.54, 1.807) is 0 Å². The zero-order valence-electron chi connectivity index (χ0n) is 25.6. The van der Waals surface area contributed by atoms with Crippen molar-refractivity contribution in [3.05, 3.63) is 59.7 Å². The molecule has 230 valence electrons. The molecule has 2 rings (SSSR count). The van der Waals surface area contributed by atoms with Crippen LogP contribution in [0, 0.1) is 0 Å². The smallest absolute Gasteiger partial charge is 0.337 e. The van der Waals surface area contributed by atoms with Gasteiger partial charge in [-0.15, -0.1) is 0 Å². The number of hydrogen-bond donors (Lipinski definition) is 2. The van der Waals surface area contributed by atoms with Crippen molar-refractivity contribution in [2.24, 2.45) is 0 Å². The normalized spacial score (nSPS) is 11.5. The number of quaternary nitrogens is 1. The number of sulfone groups is 1. The monoisotopic (exact) mass is 590 g/mol. The molecule has 0 saturated heterocycles. The Hall–Kier alpha value is -2.71. The Bertz CT molecular complexity index is 1090. The maximum atomic E-state index is 12.6. The molecule has 41 heavy (non-hydrogen) atoms. The van der Waals surface area contributed by atoms with Gasteiger partial charge in [-0.25, -0.2) is 18.0 Å². The Labute approximate surface area is 248 Å². The molecule has 0 amide bonds. The highest BCUT2D eigenvalue weighted by atomic mass is 32.2. The highest BCUT2D eigenvalue weighted by Crippen LogP contribution is 2.27. The van der Waals surface area contributed by atoms with Crippen LogP contribution in [-0.4, -0.2) is 62.7 Å². The quantitative estimate of drug-likeness (QED) is 0.126. The summed E-state index contributed by atoms with van der Waals surface area (Å²) in [6.07, 6.45) is 20.4. The fraction of sp³-hybridized carbons (Fsp3) is 0.576. The van der Waals surface area contributed by atoms with Crippen molar-refractivity contribution in [3.63, 3.8) is 0 Å². The van der Waals surface area contributed by atoms with E-state index in [2.05, 4.69) is 28.1 Å². The molecule has 0 aliphatic carbocycles. The molecule has 0 fully saturated rings. The fourth-order valence-electron chi connectivity index (χ4n) is 4.65. The van der Waals surface area contributed by atoms with Gasteiger partial charge in [-0.3, -0.25) is 0 Å². The number of carboxylic acid groups (broad SMARTS) is 2. The Kier molecular flexibility index (Phi) is 17.2. The number of hydrogen-bond acceptors (Lipinski definition) is 4. The lowest BCUT2D eigenvalue weighted by molar-refractivity contribution is -0.870. The van der Waals surface area contributed by atoms with Crippen molar-refractivity contribution in [3.8, 4) is 0 Å². The minimum atomic E-state index is -4.25. The van der Waals surface area contributed by atoms with Crippen molar-refractivity contribution in [1.82, 2.24) is 0 Å². The SMILES string of the molecule is CCCCCCCCCCCCCCCC[N+](C)(C)C.O=C(O)c1ccccc1S(=O)(=O)c1ccccc1C(=O)O. The van der Waals surface area contributed by atoms with Crippen LogP contribution in [0.3, 0.4) is 0 Å². The number of nitrogens with zero attached hydrogens (tertiary/aromatic N) is 1. The van der Waals surface area contributed by atoms with E-state index in [-0.39, 0.29) is 0 Å². The van der Waals surface area contributed by atoms with Crippen LogP contribution >= 0.6 is 0 Å². The van der Waals surface area contributed by atoms with Gasteiger partial charge in [0.2, 0.25) is 9.84 Å². The van der Waals surface area contributed by atoms with Crippen molar-refractivity contribution >= 4 is 21.8 Å². The second-order valence-corrected chi connectivity index (χ2v) is 13.6. The van der Waals surface area contributed by atoms with Crippen LogP contribution < -0.4 is 0 Å². The predicted molar refractivity (Wildman–Crippen MR) is 165 cm³/mol. The summed E-state index contributed by atoms with van der Waals surface area (Å²) >= 11 is 0. The predicted octanol–water partition coefficient (Wildman–Crippen LogP) is 8.09. The molecule has 8 heteroatoms. The molecule has 0 saturated carbocycles. The molecule has 2 aromatic carbocycles. The Morgan fingerprint density at radius 1 is 0.585 bits per heavy atom. The number of carbonyl (C=O) groups is 2. The van der Waals surface area contributed by atoms with Gasteiger partial charge in [0.05, 0.1) is 48.6 Å². The van der Waals surface area contributed by atoms with Gasteiger partial charge in [0, 0.05) is 0 Å². The molecule has 0 aromatic heterocycles. The van der Waals surface area contributed by atoms with Gasteiger partial charge in [-0.1, -0.05) is 108 Å². The van der Waals surface area contributed by atoms with Crippen molar-refractivity contribution in [2.45, 2.75) is 107 Å². The lowest BCUT2D eigenvalue weighted by Crippen LogP contribution is -2.35. The van der Waals surface area contributed by atoms with Gasteiger partial charge in [0.1, 0.15) is 0 Å². The minimum absolute atomic E-state index is 0.405. The summed E-state index contributed by atoms with van der Waals surface area (Å²) in [5, 5.41) is 18.1. The van der Waals surface area contributed by atoms with E-state index in [1.165, 1.54) is 121 Å². The van der Waals surface area contributed by atoms with Gasteiger partial charge < -0.3 is 14.7 Å². The third-order valence-corrected chi connectivity index (χ3v) is 8.87. The van der Waals surface area contributed by atoms with Crippen LogP contribution in [0.2, 0.25) is 0 Å². The first-order valence-electron chi connectivity index (χ1n) is 15.1. The second-order valence-electron chi connectivity index (χ2n) is 11.7.